The summed E-state index contributed by atoms with van der Waals surface area (Å²) >= 11 is 7.83. The van der Waals surface area contributed by atoms with Gasteiger partial charge in [-0.3, -0.25) is 4.90 Å². The molecule has 10 nitrogen and oxygen atoms in total. The molecule has 8 rings (SSSR count). The van der Waals surface area contributed by atoms with Crippen molar-refractivity contribution >= 4 is 70.8 Å². The van der Waals surface area contributed by atoms with E-state index in [2.05, 4.69) is 9.97 Å². The van der Waals surface area contributed by atoms with Crippen LogP contribution in [0.2, 0.25) is 5.02 Å². The number of nitrogen functional groups attached to an aromatic ring is 2. The van der Waals surface area contributed by atoms with Gasteiger partial charge in [0.1, 0.15) is 53.0 Å². The Bertz CT molecular complexity index is 2470. The first kappa shape index (κ1) is 37.4. The fourth-order valence-electron chi connectivity index (χ4n) is 8.42. The van der Waals surface area contributed by atoms with Crippen molar-refractivity contribution < 1.29 is 37.7 Å². The molecule has 6 heterocycles. The van der Waals surface area contributed by atoms with Crippen LogP contribution in [-0.4, -0.2) is 63.5 Å². The maximum atomic E-state index is 17.3. The summed E-state index contributed by atoms with van der Waals surface area (Å²) in [7, 11) is -9.72. The summed E-state index contributed by atoms with van der Waals surface area (Å²) in [4.78, 5) is 16.6. The van der Waals surface area contributed by atoms with E-state index >= 15 is 8.78 Å². The van der Waals surface area contributed by atoms with Crippen molar-refractivity contribution in [3.05, 3.63) is 58.2 Å². The SMILES string of the molecule is C[C@H](c1cccnc1N)N1CCOc2c(Cl)c(-c3ccc(F)c4sc(N)c(C#N)c34)c(F)c3nc(OC[C@@]45CCCN4[C@H](CS(F)(F)(F)(F)F)CC5)nc1c23. The molecule has 0 saturated carbocycles. The van der Waals surface area contributed by atoms with Crippen molar-refractivity contribution in [3.8, 4) is 29.0 Å². The number of ether oxygens (including phenoxy) is 2. The van der Waals surface area contributed by atoms with Crippen molar-refractivity contribution in [2.75, 3.05) is 48.4 Å². The Morgan fingerprint density at radius 2 is 1.91 bits per heavy atom. The van der Waals surface area contributed by atoms with Crippen molar-refractivity contribution in [3.63, 3.8) is 0 Å². The number of anilines is 3. The number of halogens is 8. The molecule has 0 aliphatic carbocycles. The lowest BCUT2D eigenvalue weighted by molar-refractivity contribution is 0.0875. The van der Waals surface area contributed by atoms with E-state index in [0.29, 0.717) is 18.4 Å². The fraction of sp³-hybridized carbons (Fsp3) is 0.371. The number of benzene rings is 2. The van der Waals surface area contributed by atoms with Gasteiger partial charge in [-0.2, -0.15) is 15.2 Å². The van der Waals surface area contributed by atoms with Gasteiger partial charge in [0, 0.05) is 28.8 Å². The molecule has 2 aromatic carbocycles. The van der Waals surface area contributed by atoms with E-state index in [1.54, 1.807) is 17.0 Å². The Morgan fingerprint density at radius 1 is 1.13 bits per heavy atom. The molecular formula is C35H32ClF7N8O2S2. The van der Waals surface area contributed by atoms with Gasteiger partial charge in [-0.05, 0) is 56.8 Å². The van der Waals surface area contributed by atoms with Gasteiger partial charge in [-0.25, -0.2) is 13.8 Å². The van der Waals surface area contributed by atoms with Gasteiger partial charge < -0.3 is 25.8 Å². The largest absolute Gasteiger partial charge is 0.489 e. The van der Waals surface area contributed by atoms with E-state index in [1.807, 2.05) is 13.0 Å². The highest BCUT2D eigenvalue weighted by molar-refractivity contribution is 8.45. The molecule has 0 radical (unpaired) electrons. The zero-order chi connectivity index (χ0) is 39.3. The van der Waals surface area contributed by atoms with Gasteiger partial charge in [0.25, 0.3) is 10.2 Å². The summed E-state index contributed by atoms with van der Waals surface area (Å²) in [5.41, 5.74) is 11.3. The maximum absolute atomic E-state index is 17.3. The van der Waals surface area contributed by atoms with Gasteiger partial charge in [-0.15, -0.1) is 11.3 Å². The van der Waals surface area contributed by atoms with Crippen molar-refractivity contribution in [1.82, 2.24) is 19.9 Å². The average molecular weight is 829 g/mol. The van der Waals surface area contributed by atoms with Crippen LogP contribution in [0.1, 0.15) is 49.8 Å². The first-order valence-corrected chi connectivity index (χ1v) is 20.5. The first-order valence-electron chi connectivity index (χ1n) is 17.2. The molecule has 3 atom stereocenters. The average Bonchev–Trinajstić information content (AvgIpc) is 3.74. The Balaban J connectivity index is 1.29. The predicted octanol–water partition coefficient (Wildman–Crippen LogP) is 9.51. The molecule has 3 aliphatic heterocycles. The van der Waals surface area contributed by atoms with Gasteiger partial charge in [0.15, 0.2) is 11.6 Å². The topological polar surface area (TPSA) is 139 Å². The number of hydrogen-bond acceptors (Lipinski definition) is 11. The zero-order valence-corrected chi connectivity index (χ0v) is 31.3. The Kier molecular flexibility index (Phi) is 8.33. The van der Waals surface area contributed by atoms with Crippen LogP contribution in [0, 0.1) is 23.0 Å². The second kappa shape index (κ2) is 12.2. The number of nitriles is 1. The Morgan fingerprint density at radius 3 is 2.64 bits per heavy atom. The lowest BCUT2D eigenvalue weighted by Crippen LogP contribution is -2.48. The van der Waals surface area contributed by atoms with E-state index in [0.717, 1.165) is 17.4 Å². The molecule has 20 heteroatoms. The fourth-order valence-corrected chi connectivity index (χ4v) is 10.8. The third-order valence-corrected chi connectivity index (χ3v) is 13.2. The minimum Gasteiger partial charge on any atom is -0.489 e. The lowest BCUT2D eigenvalue weighted by Gasteiger charge is -2.44. The molecular weight excluding hydrogens is 797 g/mol. The smallest absolute Gasteiger partial charge is 0.319 e. The van der Waals surface area contributed by atoms with Crippen LogP contribution in [0.3, 0.4) is 0 Å². The maximum Gasteiger partial charge on any atom is 0.319 e. The normalized spacial score (nSPS) is 21.8. The molecule has 3 aromatic heterocycles. The molecule has 4 N–H and O–H groups in total. The number of fused-ring (bicyclic) bond motifs is 2. The predicted molar refractivity (Wildman–Crippen MR) is 200 cm³/mol. The number of aromatic nitrogens is 3. The molecule has 5 aromatic rings. The Hall–Kier alpha value is -4.51. The third kappa shape index (κ3) is 6.46. The number of pyridine rings is 1. The van der Waals surface area contributed by atoms with Gasteiger partial charge in [0.2, 0.25) is 0 Å². The molecule has 0 spiro atoms. The van der Waals surface area contributed by atoms with E-state index in [9.17, 15) is 24.7 Å². The van der Waals surface area contributed by atoms with Crippen LogP contribution < -0.4 is 25.8 Å². The monoisotopic (exact) mass is 828 g/mol. The van der Waals surface area contributed by atoms with Crippen LogP contribution in [0.25, 0.3) is 32.1 Å². The molecule has 292 valence electrons. The summed E-state index contributed by atoms with van der Waals surface area (Å²) in [5.74, 6) is -3.51. The third-order valence-electron chi connectivity index (χ3n) is 10.8. The quantitative estimate of drug-likeness (QED) is 0.145. The van der Waals surface area contributed by atoms with E-state index < -0.39 is 45.2 Å². The number of thiophene rings is 1. The summed E-state index contributed by atoms with van der Waals surface area (Å²) in [5, 5.41) is 9.87. The molecule has 2 fully saturated rings. The van der Waals surface area contributed by atoms with Crippen molar-refractivity contribution in [2.45, 2.75) is 50.2 Å². The minimum atomic E-state index is -9.72. The molecule has 0 unspecified atom stereocenters. The number of nitrogens with zero attached hydrogens (tertiary/aromatic N) is 6. The number of nitrogens with two attached hydrogens (primary N) is 2. The van der Waals surface area contributed by atoms with Crippen LogP contribution in [-0.2, 0) is 0 Å². The molecule has 2 saturated heterocycles. The molecule has 55 heavy (non-hydrogen) atoms. The lowest BCUT2D eigenvalue weighted by atomic mass is 9.95. The van der Waals surface area contributed by atoms with Crippen molar-refractivity contribution in [1.29, 1.82) is 5.26 Å². The van der Waals surface area contributed by atoms with Crippen molar-refractivity contribution in [2.24, 2.45) is 0 Å². The van der Waals surface area contributed by atoms with Crippen LogP contribution in [0.15, 0.2) is 30.5 Å². The highest BCUT2D eigenvalue weighted by atomic mass is 35.5. The molecule has 0 bridgehead atoms. The summed E-state index contributed by atoms with van der Waals surface area (Å²) < 4.78 is 113. The summed E-state index contributed by atoms with van der Waals surface area (Å²) in [6.45, 7) is 1.91. The van der Waals surface area contributed by atoms with Gasteiger partial charge >= 0.3 is 6.01 Å². The summed E-state index contributed by atoms with van der Waals surface area (Å²) in [6.07, 6.45) is 2.42. The van der Waals surface area contributed by atoms with Gasteiger partial charge in [0.05, 0.1) is 38.8 Å². The van der Waals surface area contributed by atoms with E-state index in [4.69, 9.17) is 37.5 Å². The van der Waals surface area contributed by atoms with Crippen LogP contribution >= 0.6 is 33.2 Å². The van der Waals surface area contributed by atoms with Crippen LogP contribution in [0.5, 0.6) is 11.8 Å². The number of rotatable bonds is 8. The number of hydrogen-bond donors (Lipinski definition) is 2. The first-order chi connectivity index (χ1) is 25.8. The highest BCUT2D eigenvalue weighted by Gasteiger charge is 2.66. The Labute approximate surface area is 318 Å². The van der Waals surface area contributed by atoms with Crippen LogP contribution in [0.4, 0.5) is 44.8 Å². The molecule has 0 amide bonds. The standard InChI is InChI=1S/C35H32ClF7N8O2S2/c1-17(19-4-2-10-47-31(19)45)50-12-13-52-29-25-28(27(38)24(26(29)36)20-5-6-22(37)30-23(20)21(14-44)32(46)54-30)48-34(49-33(25)50)53-16-35-8-3-11-51(35)18(7-9-35)15-55(39,40,41,42)43/h2,4-6,10,17-18H,3,7-9,11-13,15-16,46H2,1H3,(H2,45,47)/t17-,18+,35+/m1/s1. The second-order valence-corrected chi connectivity index (χ2v) is 18.2. The van der Waals surface area contributed by atoms with E-state index in [1.165, 1.54) is 17.2 Å². The second-order valence-electron chi connectivity index (χ2n) is 14.1. The summed E-state index contributed by atoms with van der Waals surface area (Å²) in [6, 6.07) is 5.50. The van der Waals surface area contributed by atoms with E-state index in [-0.39, 0.29) is 110 Å². The zero-order valence-electron chi connectivity index (χ0n) is 28.9. The van der Waals surface area contributed by atoms with Gasteiger partial charge in [-0.1, -0.05) is 43.2 Å². The molecule has 3 aliphatic rings. The highest BCUT2D eigenvalue weighted by Crippen LogP contribution is 2.98. The minimum absolute atomic E-state index is 0.00199.